The average molecular weight is 324 g/mol. The molecule has 1 atom stereocenters. The molecule has 3 heteroatoms. The van der Waals surface area contributed by atoms with Crippen LogP contribution in [0.25, 0.3) is 10.4 Å². The van der Waals surface area contributed by atoms with E-state index < -0.39 is 0 Å². The van der Waals surface area contributed by atoms with Crippen LogP contribution < -0.4 is 5.32 Å². The Labute approximate surface area is 121 Å². The summed E-state index contributed by atoms with van der Waals surface area (Å²) in [7, 11) is 2.00. The van der Waals surface area contributed by atoms with Crippen molar-refractivity contribution in [3.63, 3.8) is 0 Å². The Hall–Kier alpha value is -0.640. The van der Waals surface area contributed by atoms with E-state index in [1.54, 1.807) is 0 Å². The monoisotopic (exact) mass is 323 g/mol. The Morgan fingerprint density at radius 3 is 2.72 bits per heavy atom. The molecule has 2 rings (SSSR count). The summed E-state index contributed by atoms with van der Waals surface area (Å²) in [5, 5.41) is 3.23. The first-order valence-electron chi connectivity index (χ1n) is 6.12. The summed E-state index contributed by atoms with van der Waals surface area (Å²) < 4.78 is 1.17. The molecule has 0 bridgehead atoms. The van der Waals surface area contributed by atoms with Gasteiger partial charge in [0.05, 0.1) is 0 Å². The lowest BCUT2D eigenvalue weighted by atomic mass is 10.1. The molecule has 0 saturated carbocycles. The molecule has 96 valence electrons. The Morgan fingerprint density at radius 1 is 1.28 bits per heavy atom. The number of hydrogen-bond donors (Lipinski definition) is 1. The fourth-order valence-corrected chi connectivity index (χ4v) is 3.28. The summed E-state index contributed by atoms with van der Waals surface area (Å²) in [5.74, 6) is 0.574. The highest BCUT2D eigenvalue weighted by Gasteiger charge is 2.09. The van der Waals surface area contributed by atoms with Gasteiger partial charge in [0.25, 0.3) is 0 Å². The van der Waals surface area contributed by atoms with Gasteiger partial charge in [-0.1, -0.05) is 28.9 Å². The molecule has 0 spiro atoms. The van der Waals surface area contributed by atoms with Crippen LogP contribution in [0, 0.1) is 6.92 Å². The maximum Gasteiger partial charge on any atom is 0.0345 e. The van der Waals surface area contributed by atoms with E-state index in [0.717, 1.165) is 6.54 Å². The van der Waals surface area contributed by atoms with E-state index in [2.05, 4.69) is 65.4 Å². The van der Waals surface area contributed by atoms with Gasteiger partial charge in [0.1, 0.15) is 0 Å². The number of thiophene rings is 1. The second-order valence-electron chi connectivity index (χ2n) is 4.62. The van der Waals surface area contributed by atoms with Crippen molar-refractivity contribution in [2.24, 2.45) is 0 Å². The molecule has 0 saturated heterocycles. The van der Waals surface area contributed by atoms with Crippen molar-refractivity contribution in [3.05, 3.63) is 45.2 Å². The lowest BCUT2D eigenvalue weighted by Crippen LogP contribution is -2.13. The Kier molecular flexibility index (Phi) is 4.60. The molecule has 0 fully saturated rings. The van der Waals surface area contributed by atoms with Crippen LogP contribution in [-0.2, 0) is 0 Å². The normalized spacial score (nSPS) is 12.7. The van der Waals surface area contributed by atoms with E-state index in [1.807, 2.05) is 18.4 Å². The maximum atomic E-state index is 3.55. The Morgan fingerprint density at radius 2 is 2.06 bits per heavy atom. The standard InChI is InChI=1S/C15H18BrNS/c1-10-8-12(4-5-13(10)16)15-7-6-14(18-15)11(2)9-17-3/h4-8,11,17H,9H2,1-3H3. The zero-order valence-electron chi connectivity index (χ0n) is 11.0. The van der Waals surface area contributed by atoms with Crippen LogP contribution in [0.2, 0.25) is 0 Å². The molecule has 0 radical (unpaired) electrons. The number of aryl methyl sites for hydroxylation is 1. The lowest BCUT2D eigenvalue weighted by molar-refractivity contribution is 0.687. The SMILES string of the molecule is CNCC(C)c1ccc(-c2ccc(Br)c(C)c2)s1. The largest absolute Gasteiger partial charge is 0.319 e. The molecule has 1 aromatic carbocycles. The minimum Gasteiger partial charge on any atom is -0.319 e. The number of nitrogens with one attached hydrogen (secondary N) is 1. The van der Waals surface area contributed by atoms with Gasteiger partial charge in [-0.05, 0) is 49.4 Å². The minimum atomic E-state index is 0.574. The third-order valence-electron chi connectivity index (χ3n) is 3.07. The summed E-state index contributed by atoms with van der Waals surface area (Å²) in [6.07, 6.45) is 0. The van der Waals surface area contributed by atoms with Gasteiger partial charge in [0.2, 0.25) is 0 Å². The predicted octanol–water partition coefficient (Wildman–Crippen LogP) is 4.81. The van der Waals surface area contributed by atoms with Crippen molar-refractivity contribution in [1.82, 2.24) is 5.32 Å². The van der Waals surface area contributed by atoms with Crippen LogP contribution in [-0.4, -0.2) is 13.6 Å². The molecule has 0 aliphatic rings. The van der Waals surface area contributed by atoms with E-state index in [0.29, 0.717) is 5.92 Å². The van der Waals surface area contributed by atoms with Gasteiger partial charge in [-0.2, -0.15) is 0 Å². The van der Waals surface area contributed by atoms with Crippen molar-refractivity contribution < 1.29 is 0 Å². The molecule has 1 aromatic heterocycles. The zero-order valence-corrected chi connectivity index (χ0v) is 13.4. The summed E-state index contributed by atoms with van der Waals surface area (Å²) in [5.41, 5.74) is 2.59. The number of benzene rings is 1. The van der Waals surface area contributed by atoms with Crippen LogP contribution in [0.3, 0.4) is 0 Å². The number of likely N-dealkylation sites (N-methyl/N-ethyl adjacent to an activating group) is 1. The fourth-order valence-electron chi connectivity index (χ4n) is 1.98. The van der Waals surface area contributed by atoms with E-state index >= 15 is 0 Å². The van der Waals surface area contributed by atoms with Crippen molar-refractivity contribution in [1.29, 1.82) is 0 Å². The van der Waals surface area contributed by atoms with E-state index in [4.69, 9.17) is 0 Å². The van der Waals surface area contributed by atoms with Gasteiger partial charge in [0.15, 0.2) is 0 Å². The second kappa shape index (κ2) is 6.00. The fraction of sp³-hybridized carbons (Fsp3) is 0.333. The highest BCUT2D eigenvalue weighted by Crippen LogP contribution is 2.33. The molecule has 18 heavy (non-hydrogen) atoms. The molecule has 1 unspecified atom stereocenters. The van der Waals surface area contributed by atoms with Crippen LogP contribution in [0.15, 0.2) is 34.8 Å². The molecule has 0 amide bonds. The van der Waals surface area contributed by atoms with Gasteiger partial charge in [-0.25, -0.2) is 0 Å². The molecular formula is C15H18BrNS. The minimum absolute atomic E-state index is 0.574. The first kappa shape index (κ1) is 13.8. The molecular weight excluding hydrogens is 306 g/mol. The summed E-state index contributed by atoms with van der Waals surface area (Å²) in [6.45, 7) is 5.42. The van der Waals surface area contributed by atoms with Crippen LogP contribution in [0.5, 0.6) is 0 Å². The van der Waals surface area contributed by atoms with Crippen molar-refractivity contribution in [2.45, 2.75) is 19.8 Å². The Balaban J connectivity index is 2.26. The number of halogens is 1. The van der Waals surface area contributed by atoms with Crippen LogP contribution in [0.4, 0.5) is 0 Å². The topological polar surface area (TPSA) is 12.0 Å². The predicted molar refractivity (Wildman–Crippen MR) is 84.5 cm³/mol. The quantitative estimate of drug-likeness (QED) is 0.851. The highest BCUT2D eigenvalue weighted by molar-refractivity contribution is 9.10. The lowest BCUT2D eigenvalue weighted by Gasteiger charge is -2.07. The summed E-state index contributed by atoms with van der Waals surface area (Å²) >= 11 is 5.44. The smallest absolute Gasteiger partial charge is 0.0345 e. The van der Waals surface area contributed by atoms with Gasteiger partial charge in [0, 0.05) is 26.7 Å². The zero-order chi connectivity index (χ0) is 13.1. The highest BCUT2D eigenvalue weighted by atomic mass is 79.9. The van der Waals surface area contributed by atoms with Crippen LogP contribution in [0.1, 0.15) is 23.3 Å². The summed E-state index contributed by atoms with van der Waals surface area (Å²) in [6, 6.07) is 11.0. The Bertz CT molecular complexity index is 533. The molecule has 0 aliphatic heterocycles. The van der Waals surface area contributed by atoms with Gasteiger partial charge in [-0.15, -0.1) is 11.3 Å². The van der Waals surface area contributed by atoms with Gasteiger partial charge < -0.3 is 5.32 Å². The van der Waals surface area contributed by atoms with Crippen molar-refractivity contribution in [3.8, 4) is 10.4 Å². The molecule has 0 aliphatic carbocycles. The third kappa shape index (κ3) is 3.02. The van der Waals surface area contributed by atoms with Gasteiger partial charge in [-0.3, -0.25) is 0 Å². The maximum absolute atomic E-state index is 3.55. The number of hydrogen-bond acceptors (Lipinski definition) is 2. The first-order chi connectivity index (χ1) is 8.61. The molecule has 2 aromatic rings. The number of rotatable bonds is 4. The van der Waals surface area contributed by atoms with Crippen molar-refractivity contribution in [2.75, 3.05) is 13.6 Å². The first-order valence-corrected chi connectivity index (χ1v) is 7.73. The van der Waals surface area contributed by atoms with Crippen LogP contribution >= 0.6 is 27.3 Å². The van der Waals surface area contributed by atoms with E-state index in [1.165, 1.54) is 25.4 Å². The molecule has 1 nitrogen and oxygen atoms in total. The van der Waals surface area contributed by atoms with E-state index in [-0.39, 0.29) is 0 Å². The third-order valence-corrected chi connectivity index (χ3v) is 5.32. The van der Waals surface area contributed by atoms with Gasteiger partial charge >= 0.3 is 0 Å². The summed E-state index contributed by atoms with van der Waals surface area (Å²) in [4.78, 5) is 2.79. The molecule has 1 N–H and O–H groups in total. The average Bonchev–Trinajstić information content (AvgIpc) is 2.82. The molecule has 1 heterocycles. The van der Waals surface area contributed by atoms with Crippen molar-refractivity contribution >= 4 is 27.3 Å². The second-order valence-corrected chi connectivity index (χ2v) is 6.59. The van der Waals surface area contributed by atoms with E-state index in [9.17, 15) is 0 Å².